The summed E-state index contributed by atoms with van der Waals surface area (Å²) in [4.78, 5) is 12.7. The molecule has 1 amide bonds. The lowest BCUT2D eigenvalue weighted by atomic mass is 10.1. The Balaban J connectivity index is 2.39. The summed E-state index contributed by atoms with van der Waals surface area (Å²) < 4.78 is 32.1. The van der Waals surface area contributed by atoms with Crippen LogP contribution in [0, 0.1) is 6.92 Å². The van der Waals surface area contributed by atoms with Crippen molar-refractivity contribution in [2.24, 2.45) is 0 Å². The van der Waals surface area contributed by atoms with Crippen molar-refractivity contribution >= 4 is 16.1 Å². The molecule has 0 heterocycles. The lowest BCUT2D eigenvalue weighted by Crippen LogP contribution is -2.49. The number of nitrogens with one attached hydrogen (secondary N) is 1. The number of rotatable bonds is 5. The van der Waals surface area contributed by atoms with Crippen molar-refractivity contribution < 1.29 is 17.9 Å². The maximum absolute atomic E-state index is 13.1. The van der Waals surface area contributed by atoms with Gasteiger partial charge in [0.2, 0.25) is 0 Å². The van der Waals surface area contributed by atoms with Gasteiger partial charge >= 0.3 is 6.09 Å². The maximum Gasteiger partial charge on any atom is 0.439 e. The van der Waals surface area contributed by atoms with E-state index < -0.39 is 27.8 Å². The molecule has 0 aliphatic carbocycles. The van der Waals surface area contributed by atoms with Crippen molar-refractivity contribution in [3.63, 3.8) is 0 Å². The molecule has 0 aromatic heterocycles. The number of carbonyl (C=O) groups is 1. The zero-order chi connectivity index (χ0) is 20.2. The third-order valence-electron chi connectivity index (χ3n) is 3.73. The monoisotopic (exact) mass is 390 g/mol. The SMILES string of the molecule is Cc1ccc(S(=O)(=O)N(NC(C)c2ccccc2)C(=O)OC(C)(C)C)cc1. The minimum Gasteiger partial charge on any atom is -0.442 e. The van der Waals surface area contributed by atoms with E-state index in [0.717, 1.165) is 11.1 Å². The van der Waals surface area contributed by atoms with Gasteiger partial charge in [-0.1, -0.05) is 48.0 Å². The van der Waals surface area contributed by atoms with Gasteiger partial charge in [0, 0.05) is 6.04 Å². The average Bonchev–Trinajstić information content (AvgIpc) is 2.58. The van der Waals surface area contributed by atoms with E-state index in [1.807, 2.05) is 37.3 Å². The molecule has 2 aromatic carbocycles. The first-order chi connectivity index (χ1) is 12.5. The number of hydrogen-bond acceptors (Lipinski definition) is 5. The van der Waals surface area contributed by atoms with Gasteiger partial charge in [0.1, 0.15) is 5.60 Å². The number of nitrogens with zero attached hydrogens (tertiary/aromatic N) is 1. The molecule has 146 valence electrons. The minimum absolute atomic E-state index is 0.00622. The van der Waals surface area contributed by atoms with Crippen LogP contribution in [-0.4, -0.2) is 24.5 Å². The van der Waals surface area contributed by atoms with E-state index in [1.54, 1.807) is 39.8 Å². The number of carbonyl (C=O) groups excluding carboxylic acids is 1. The minimum atomic E-state index is -4.14. The fourth-order valence-electron chi connectivity index (χ4n) is 2.33. The highest BCUT2D eigenvalue weighted by Gasteiger charge is 2.34. The summed E-state index contributed by atoms with van der Waals surface area (Å²) in [5.74, 6) is 0. The van der Waals surface area contributed by atoms with Crippen LogP contribution in [-0.2, 0) is 14.8 Å². The molecule has 6 nitrogen and oxygen atoms in total. The molecule has 2 aromatic rings. The second-order valence-electron chi connectivity index (χ2n) is 7.32. The van der Waals surface area contributed by atoms with Crippen LogP contribution in [0.3, 0.4) is 0 Å². The Morgan fingerprint density at radius 1 is 1.04 bits per heavy atom. The number of amides is 1. The first kappa shape index (κ1) is 20.9. The second-order valence-corrected chi connectivity index (χ2v) is 9.11. The highest BCUT2D eigenvalue weighted by atomic mass is 32.2. The van der Waals surface area contributed by atoms with E-state index in [4.69, 9.17) is 4.74 Å². The molecule has 0 radical (unpaired) electrons. The third-order valence-corrected chi connectivity index (χ3v) is 5.33. The summed E-state index contributed by atoms with van der Waals surface area (Å²) in [7, 11) is -4.14. The average molecular weight is 391 g/mol. The molecule has 7 heteroatoms. The fraction of sp³-hybridized carbons (Fsp3) is 0.350. The first-order valence-corrected chi connectivity index (χ1v) is 10.1. The summed E-state index contributed by atoms with van der Waals surface area (Å²) in [6.45, 7) is 8.68. The number of hydrogen-bond donors (Lipinski definition) is 1. The van der Waals surface area contributed by atoms with Gasteiger partial charge in [-0.05, 0) is 52.3 Å². The van der Waals surface area contributed by atoms with Crippen molar-refractivity contribution in [2.75, 3.05) is 0 Å². The number of benzene rings is 2. The first-order valence-electron chi connectivity index (χ1n) is 8.67. The third kappa shape index (κ3) is 5.55. The van der Waals surface area contributed by atoms with Crippen LogP contribution in [0.2, 0.25) is 0 Å². The Hall–Kier alpha value is -2.38. The number of hydrazine groups is 1. The van der Waals surface area contributed by atoms with Crippen LogP contribution < -0.4 is 5.43 Å². The summed E-state index contributed by atoms with van der Waals surface area (Å²) in [5.41, 5.74) is 3.70. The van der Waals surface area contributed by atoms with E-state index >= 15 is 0 Å². The summed E-state index contributed by atoms with van der Waals surface area (Å²) in [5, 5.41) is 0. The summed E-state index contributed by atoms with van der Waals surface area (Å²) in [6.07, 6.45) is -0.981. The van der Waals surface area contributed by atoms with Gasteiger partial charge in [-0.3, -0.25) is 0 Å². The van der Waals surface area contributed by atoms with Crippen LogP contribution in [0.15, 0.2) is 59.5 Å². The zero-order valence-corrected chi connectivity index (χ0v) is 17.1. The highest BCUT2D eigenvalue weighted by molar-refractivity contribution is 7.89. The van der Waals surface area contributed by atoms with E-state index in [-0.39, 0.29) is 4.90 Å². The molecule has 1 unspecified atom stereocenters. The second kappa shape index (κ2) is 8.10. The van der Waals surface area contributed by atoms with Crippen LogP contribution in [0.4, 0.5) is 4.79 Å². The Labute approximate surface area is 161 Å². The Morgan fingerprint density at radius 3 is 2.11 bits per heavy atom. The lowest BCUT2D eigenvalue weighted by molar-refractivity contribution is 0.0304. The van der Waals surface area contributed by atoms with Crippen LogP contribution in [0.5, 0.6) is 0 Å². The van der Waals surface area contributed by atoms with Crippen molar-refractivity contribution in [1.29, 1.82) is 0 Å². The van der Waals surface area contributed by atoms with Crippen molar-refractivity contribution in [3.05, 3.63) is 65.7 Å². The normalized spacial score (nSPS) is 13.1. The van der Waals surface area contributed by atoms with Crippen LogP contribution in [0.25, 0.3) is 0 Å². The van der Waals surface area contributed by atoms with Gasteiger partial charge in [0.25, 0.3) is 10.0 Å². The lowest BCUT2D eigenvalue weighted by Gasteiger charge is -2.29. The quantitative estimate of drug-likeness (QED) is 0.775. The molecular formula is C20H26N2O4S. The molecule has 0 saturated carbocycles. The van der Waals surface area contributed by atoms with Gasteiger partial charge in [-0.25, -0.2) is 10.2 Å². The van der Waals surface area contributed by atoms with E-state index in [9.17, 15) is 13.2 Å². The molecular weight excluding hydrogens is 364 g/mol. The molecule has 0 aliphatic heterocycles. The smallest absolute Gasteiger partial charge is 0.439 e. The van der Waals surface area contributed by atoms with E-state index in [0.29, 0.717) is 4.41 Å². The van der Waals surface area contributed by atoms with Crippen molar-refractivity contribution in [3.8, 4) is 0 Å². The maximum atomic E-state index is 13.1. The molecule has 0 saturated heterocycles. The van der Waals surface area contributed by atoms with Crippen LogP contribution >= 0.6 is 0 Å². The van der Waals surface area contributed by atoms with E-state index in [1.165, 1.54) is 12.1 Å². The van der Waals surface area contributed by atoms with Gasteiger partial charge in [-0.2, -0.15) is 8.42 Å². The van der Waals surface area contributed by atoms with Crippen molar-refractivity contribution in [1.82, 2.24) is 9.84 Å². The van der Waals surface area contributed by atoms with Gasteiger partial charge in [0.05, 0.1) is 4.90 Å². The van der Waals surface area contributed by atoms with Crippen LogP contribution in [0.1, 0.15) is 44.9 Å². The standard InChI is InChI=1S/C20H26N2O4S/c1-15-11-13-18(14-12-15)27(24,25)22(19(23)26-20(3,4)5)21-16(2)17-9-7-6-8-10-17/h6-14,16,21H,1-5H3. The topological polar surface area (TPSA) is 75.7 Å². The molecule has 1 N–H and O–H groups in total. The van der Waals surface area contributed by atoms with Crippen molar-refractivity contribution in [2.45, 2.75) is 51.2 Å². The summed E-state index contributed by atoms with van der Waals surface area (Å²) in [6, 6.07) is 15.1. The zero-order valence-electron chi connectivity index (χ0n) is 16.3. The van der Waals surface area contributed by atoms with E-state index in [2.05, 4.69) is 5.43 Å². The molecule has 0 aliphatic rings. The number of ether oxygens (including phenoxy) is 1. The van der Waals surface area contributed by atoms with Gasteiger partial charge in [0.15, 0.2) is 0 Å². The predicted molar refractivity (Wildman–Crippen MR) is 104 cm³/mol. The molecule has 0 bridgehead atoms. The Bertz CT molecular complexity index is 872. The fourth-order valence-corrected chi connectivity index (χ4v) is 3.55. The Kier molecular flexibility index (Phi) is 6.28. The largest absolute Gasteiger partial charge is 0.442 e. The molecule has 27 heavy (non-hydrogen) atoms. The molecule has 0 spiro atoms. The van der Waals surface area contributed by atoms with Gasteiger partial charge in [-0.15, -0.1) is 4.41 Å². The number of aryl methyl sites for hydroxylation is 1. The molecule has 0 fully saturated rings. The molecule has 2 rings (SSSR count). The molecule has 1 atom stereocenters. The number of sulfonamides is 1. The van der Waals surface area contributed by atoms with Gasteiger partial charge < -0.3 is 4.74 Å². The predicted octanol–water partition coefficient (Wildman–Crippen LogP) is 4.19. The summed E-state index contributed by atoms with van der Waals surface area (Å²) >= 11 is 0. The Morgan fingerprint density at radius 2 is 1.59 bits per heavy atom. The highest BCUT2D eigenvalue weighted by Crippen LogP contribution is 2.21.